The Balaban J connectivity index is 1.64. The largest absolute Gasteiger partial charge is 0.424 e. The van der Waals surface area contributed by atoms with E-state index >= 15 is 0 Å². The minimum absolute atomic E-state index is 0.242. The third-order valence-corrected chi connectivity index (χ3v) is 4.90. The summed E-state index contributed by atoms with van der Waals surface area (Å²) < 4.78 is 5.77. The summed E-state index contributed by atoms with van der Waals surface area (Å²) in [4.78, 5) is 22.4. The molecule has 142 valence electrons. The van der Waals surface area contributed by atoms with Crippen LogP contribution in [0.2, 0.25) is 0 Å². The Morgan fingerprint density at radius 1 is 0.931 bits per heavy atom. The Bertz CT molecular complexity index is 1210. The van der Waals surface area contributed by atoms with Crippen molar-refractivity contribution in [2.75, 3.05) is 10.6 Å². The van der Waals surface area contributed by atoms with Crippen molar-refractivity contribution in [2.24, 2.45) is 4.99 Å². The smallest absolute Gasteiger partial charge is 0.297 e. The summed E-state index contributed by atoms with van der Waals surface area (Å²) in [5.74, 6) is -0.293. The fraction of sp³-hybridized carbons (Fsp3) is 0.0870. The number of hydrogen-bond acceptors (Lipinski definition) is 5. The van der Waals surface area contributed by atoms with Gasteiger partial charge in [-0.1, -0.05) is 60.7 Å². The van der Waals surface area contributed by atoms with Crippen LogP contribution in [0.5, 0.6) is 0 Å². The molecule has 0 spiro atoms. The van der Waals surface area contributed by atoms with Crippen molar-refractivity contribution in [3.8, 4) is 0 Å². The Morgan fingerprint density at radius 3 is 2.48 bits per heavy atom. The lowest BCUT2D eigenvalue weighted by Crippen LogP contribution is -2.45. The summed E-state index contributed by atoms with van der Waals surface area (Å²) in [5.41, 5.74) is 3.24. The number of fused-ring (bicyclic) bond motifs is 2. The minimum atomic E-state index is -1.31. The van der Waals surface area contributed by atoms with E-state index in [9.17, 15) is 4.79 Å². The van der Waals surface area contributed by atoms with E-state index < -0.39 is 5.66 Å². The topological polar surface area (TPSA) is 79.5 Å². The normalized spacial score (nSPS) is 18.5. The molecule has 0 bridgehead atoms. The zero-order chi connectivity index (χ0) is 19.8. The van der Waals surface area contributed by atoms with Crippen LogP contribution in [0.25, 0.3) is 11.1 Å². The van der Waals surface area contributed by atoms with Crippen molar-refractivity contribution in [1.82, 2.24) is 4.98 Å². The second kappa shape index (κ2) is 6.60. The van der Waals surface area contributed by atoms with E-state index in [-0.39, 0.29) is 11.9 Å². The number of amides is 1. The van der Waals surface area contributed by atoms with Crippen LogP contribution in [0.15, 0.2) is 88.3 Å². The van der Waals surface area contributed by atoms with E-state index in [1.807, 2.05) is 78.9 Å². The van der Waals surface area contributed by atoms with Gasteiger partial charge in [-0.2, -0.15) is 4.98 Å². The highest BCUT2D eigenvalue weighted by Crippen LogP contribution is 2.29. The first-order valence-electron chi connectivity index (χ1n) is 9.32. The number of rotatable bonds is 3. The quantitative estimate of drug-likeness (QED) is 0.549. The summed E-state index contributed by atoms with van der Waals surface area (Å²) >= 11 is 0. The number of nitrogens with zero attached hydrogens (tertiary/aromatic N) is 2. The van der Waals surface area contributed by atoms with Crippen LogP contribution in [0.3, 0.4) is 0 Å². The number of oxazole rings is 1. The van der Waals surface area contributed by atoms with Crippen LogP contribution in [0, 0.1) is 0 Å². The van der Waals surface area contributed by atoms with E-state index in [1.54, 1.807) is 6.92 Å². The number of carbonyl (C=O) groups excluding carboxylic acids is 1. The van der Waals surface area contributed by atoms with Crippen molar-refractivity contribution >= 4 is 34.4 Å². The molecule has 0 saturated heterocycles. The Labute approximate surface area is 167 Å². The number of benzene rings is 3. The molecule has 0 fully saturated rings. The molecule has 0 saturated carbocycles. The maximum absolute atomic E-state index is 13.1. The van der Waals surface area contributed by atoms with Gasteiger partial charge < -0.3 is 15.1 Å². The Kier molecular flexibility index (Phi) is 3.91. The lowest BCUT2D eigenvalue weighted by Gasteiger charge is -2.23. The SMILES string of the molecule is CC1(Nc2nc3ccccc3o2)N=C(c2ccccc2)c2ccccc2NC1=O. The molecule has 5 rings (SSSR count). The fourth-order valence-corrected chi connectivity index (χ4v) is 3.41. The number of para-hydroxylation sites is 3. The van der Waals surface area contributed by atoms with Crippen molar-refractivity contribution < 1.29 is 9.21 Å². The Morgan fingerprint density at radius 2 is 1.66 bits per heavy atom. The number of nitrogens with one attached hydrogen (secondary N) is 2. The molecule has 0 radical (unpaired) electrons. The van der Waals surface area contributed by atoms with Crippen molar-refractivity contribution in [2.45, 2.75) is 12.6 Å². The van der Waals surface area contributed by atoms with Gasteiger partial charge in [0, 0.05) is 11.1 Å². The lowest BCUT2D eigenvalue weighted by molar-refractivity contribution is -0.119. The molecule has 1 aliphatic rings. The predicted octanol–water partition coefficient (Wildman–Crippen LogP) is 4.45. The van der Waals surface area contributed by atoms with E-state index in [0.29, 0.717) is 22.5 Å². The maximum atomic E-state index is 13.1. The van der Waals surface area contributed by atoms with Gasteiger partial charge >= 0.3 is 0 Å². The first kappa shape index (κ1) is 17.2. The van der Waals surface area contributed by atoms with Gasteiger partial charge in [0.15, 0.2) is 5.58 Å². The van der Waals surface area contributed by atoms with E-state index in [1.165, 1.54) is 0 Å². The van der Waals surface area contributed by atoms with Crippen LogP contribution >= 0.6 is 0 Å². The van der Waals surface area contributed by atoms with Crippen LogP contribution in [-0.2, 0) is 4.79 Å². The van der Waals surface area contributed by atoms with Gasteiger partial charge in [-0.15, -0.1) is 0 Å². The number of hydrogen-bond donors (Lipinski definition) is 2. The summed E-state index contributed by atoms with van der Waals surface area (Å²) in [5, 5.41) is 6.07. The molecule has 3 aromatic carbocycles. The van der Waals surface area contributed by atoms with Gasteiger partial charge in [0.1, 0.15) is 5.52 Å². The van der Waals surface area contributed by atoms with Gasteiger partial charge in [-0.3, -0.25) is 4.79 Å². The molecule has 6 nitrogen and oxygen atoms in total. The molecule has 6 heteroatoms. The predicted molar refractivity (Wildman–Crippen MR) is 113 cm³/mol. The third kappa shape index (κ3) is 3.04. The summed E-state index contributed by atoms with van der Waals surface area (Å²) in [6.45, 7) is 1.71. The zero-order valence-electron chi connectivity index (χ0n) is 15.7. The number of benzodiazepines with no additional fused rings is 1. The highest BCUT2D eigenvalue weighted by molar-refractivity contribution is 6.20. The molecule has 2 N–H and O–H groups in total. The summed E-state index contributed by atoms with van der Waals surface area (Å²) in [7, 11) is 0. The molecule has 1 unspecified atom stereocenters. The lowest BCUT2D eigenvalue weighted by atomic mass is 10.0. The molecule has 0 aliphatic carbocycles. The van der Waals surface area contributed by atoms with Gasteiger partial charge in [0.2, 0.25) is 5.66 Å². The first-order chi connectivity index (χ1) is 14.1. The average molecular weight is 382 g/mol. The molecule has 1 aliphatic heterocycles. The molecule has 29 heavy (non-hydrogen) atoms. The molecule has 1 atom stereocenters. The minimum Gasteiger partial charge on any atom is -0.424 e. The molecule has 1 amide bonds. The highest BCUT2D eigenvalue weighted by atomic mass is 16.4. The van der Waals surface area contributed by atoms with Gasteiger partial charge in [-0.05, 0) is 25.1 Å². The standard InChI is InChI=1S/C23H18N4O2/c1-23(27-22-25-18-13-7-8-14-19(18)29-22)21(28)24-17-12-6-5-11-16(17)20(26-23)15-9-3-2-4-10-15/h2-14H,1H3,(H,24,28)(H,25,27). The highest BCUT2D eigenvalue weighted by Gasteiger charge is 2.38. The van der Waals surface area contributed by atoms with Crippen LogP contribution in [-0.4, -0.2) is 22.3 Å². The second-order valence-corrected chi connectivity index (χ2v) is 7.01. The molecular formula is C23H18N4O2. The second-order valence-electron chi connectivity index (χ2n) is 7.01. The van der Waals surface area contributed by atoms with Crippen molar-refractivity contribution in [1.29, 1.82) is 0 Å². The van der Waals surface area contributed by atoms with Crippen LogP contribution in [0.1, 0.15) is 18.1 Å². The maximum Gasteiger partial charge on any atom is 0.297 e. The van der Waals surface area contributed by atoms with Crippen LogP contribution < -0.4 is 10.6 Å². The fourth-order valence-electron chi connectivity index (χ4n) is 3.41. The van der Waals surface area contributed by atoms with E-state index in [2.05, 4.69) is 15.6 Å². The number of carbonyl (C=O) groups is 1. The summed E-state index contributed by atoms with van der Waals surface area (Å²) in [6, 6.07) is 25.1. The van der Waals surface area contributed by atoms with Crippen molar-refractivity contribution in [3.05, 3.63) is 90.0 Å². The van der Waals surface area contributed by atoms with Crippen LogP contribution in [0.4, 0.5) is 11.7 Å². The number of aromatic nitrogens is 1. The third-order valence-electron chi connectivity index (χ3n) is 4.90. The molecule has 2 heterocycles. The van der Waals surface area contributed by atoms with Gasteiger partial charge in [0.05, 0.1) is 11.4 Å². The first-order valence-corrected chi connectivity index (χ1v) is 9.32. The zero-order valence-corrected chi connectivity index (χ0v) is 15.7. The van der Waals surface area contributed by atoms with Gasteiger partial charge in [-0.25, -0.2) is 4.99 Å². The average Bonchev–Trinajstić information content (AvgIpc) is 3.10. The van der Waals surface area contributed by atoms with E-state index in [4.69, 9.17) is 9.41 Å². The summed E-state index contributed by atoms with van der Waals surface area (Å²) in [6.07, 6.45) is 0. The molecule has 1 aromatic heterocycles. The Hall–Kier alpha value is -3.93. The number of aliphatic imine (C=N–C) groups is 1. The molecular weight excluding hydrogens is 364 g/mol. The van der Waals surface area contributed by atoms with E-state index in [0.717, 1.165) is 11.1 Å². The van der Waals surface area contributed by atoms with Gasteiger partial charge in [0.25, 0.3) is 11.9 Å². The molecule has 4 aromatic rings. The monoisotopic (exact) mass is 382 g/mol. The number of anilines is 2. The van der Waals surface area contributed by atoms with Crippen molar-refractivity contribution in [3.63, 3.8) is 0 Å².